The molecular formula is C2H3ClSi. The fourth-order valence-electron chi connectivity index (χ4n) is 0. The molecule has 0 aliphatic rings. The molecule has 0 amide bonds. The largest absolute Gasteiger partial charge is 0.204 e. The average Bonchev–Trinajstić information content (AvgIpc) is 1.37. The Morgan fingerprint density at radius 3 is 2.25 bits per heavy atom. The molecular weight excluding hydrogens is 87.6 g/mol. The van der Waals surface area contributed by atoms with Crippen molar-refractivity contribution in [3.8, 4) is 12.0 Å². The van der Waals surface area contributed by atoms with Crippen LogP contribution in [0.4, 0.5) is 0 Å². The van der Waals surface area contributed by atoms with Gasteiger partial charge in [0.2, 0.25) is 8.83 Å². The Morgan fingerprint density at radius 2 is 2.25 bits per heavy atom. The Labute approximate surface area is 32.7 Å². The van der Waals surface area contributed by atoms with Crippen molar-refractivity contribution in [3.63, 3.8) is 0 Å². The molecule has 22 valence electrons. The zero-order chi connectivity index (χ0) is 3.41. The van der Waals surface area contributed by atoms with Crippen molar-refractivity contribution in [3.05, 3.63) is 0 Å². The Hall–Kier alpha value is 0.0669. The molecule has 0 unspecified atom stereocenters. The zero-order valence-electron chi connectivity index (χ0n) is 2.16. The highest BCUT2D eigenvalue weighted by molar-refractivity contribution is 6.98. The normalized spacial score (nSPS) is 8.00. The topological polar surface area (TPSA) is 0 Å². The summed E-state index contributed by atoms with van der Waals surface area (Å²) in [6.07, 6.45) is 4.71. The first kappa shape index (κ1) is 4.07. The number of terminal acetylenes is 1. The molecule has 0 atom stereocenters. The van der Waals surface area contributed by atoms with Crippen LogP contribution in [0.3, 0.4) is 0 Å². The Balaban J connectivity index is 2.43. The fraction of sp³-hybridized carbons (Fsp3) is 0. The van der Waals surface area contributed by atoms with E-state index in [2.05, 4.69) is 5.54 Å². The highest BCUT2D eigenvalue weighted by atomic mass is 35.6. The standard InChI is InChI=1S/C2H3ClSi/c1-2-4-3/h1H,4H2. The van der Waals surface area contributed by atoms with Crippen molar-refractivity contribution in [1.29, 1.82) is 0 Å². The van der Waals surface area contributed by atoms with Crippen LogP contribution in [-0.4, -0.2) is 8.83 Å². The number of halogens is 1. The van der Waals surface area contributed by atoms with E-state index in [1.165, 1.54) is 0 Å². The molecule has 0 bridgehead atoms. The molecule has 0 aromatic rings. The summed E-state index contributed by atoms with van der Waals surface area (Å²) in [5, 5.41) is 0. The van der Waals surface area contributed by atoms with Gasteiger partial charge in [0.1, 0.15) is 0 Å². The smallest absolute Gasteiger partial charge is 0.159 e. The van der Waals surface area contributed by atoms with Gasteiger partial charge in [-0.2, -0.15) is 11.1 Å². The third-order valence-corrected chi connectivity index (χ3v) is 0.694. The summed E-state index contributed by atoms with van der Waals surface area (Å²) in [5.41, 5.74) is 2.33. The second-order valence-electron chi connectivity index (χ2n) is 0.338. The van der Waals surface area contributed by atoms with Crippen LogP contribution >= 0.6 is 11.1 Å². The van der Waals surface area contributed by atoms with Gasteiger partial charge in [-0.3, -0.25) is 0 Å². The van der Waals surface area contributed by atoms with E-state index in [9.17, 15) is 0 Å². The SMILES string of the molecule is C#C[SiH2]Cl. The molecule has 0 rings (SSSR count). The monoisotopic (exact) mass is 90.0 g/mol. The lowest BCUT2D eigenvalue weighted by molar-refractivity contribution is 3.06. The van der Waals surface area contributed by atoms with E-state index in [-0.39, 0.29) is 0 Å². The zero-order valence-corrected chi connectivity index (χ0v) is 4.33. The third-order valence-electron chi connectivity index (χ3n) is 0.0772. The summed E-state index contributed by atoms with van der Waals surface area (Å²) in [4.78, 5) is 0. The molecule has 0 N–H and O–H groups in total. The molecule has 0 radical (unpaired) electrons. The second-order valence-corrected chi connectivity index (χ2v) is 1.82. The summed E-state index contributed by atoms with van der Waals surface area (Å²) in [7, 11) is -0.576. The minimum atomic E-state index is -0.576. The number of hydrogen-bond acceptors (Lipinski definition) is 0. The molecule has 0 aliphatic heterocycles. The molecule has 0 saturated carbocycles. The Bertz CT molecular complexity index is 35.8. The van der Waals surface area contributed by atoms with Gasteiger partial charge < -0.3 is 0 Å². The molecule has 0 aromatic carbocycles. The second kappa shape index (κ2) is 3.07. The maximum Gasteiger partial charge on any atom is 0.204 e. The number of rotatable bonds is 0. The van der Waals surface area contributed by atoms with Crippen LogP contribution in [0.2, 0.25) is 0 Å². The first-order valence-corrected chi connectivity index (χ1v) is 3.75. The third kappa shape index (κ3) is 2.07. The molecule has 0 fully saturated rings. The van der Waals surface area contributed by atoms with Crippen molar-refractivity contribution in [2.45, 2.75) is 0 Å². The van der Waals surface area contributed by atoms with Gasteiger partial charge in [-0.15, -0.1) is 12.0 Å². The number of hydrogen-bond donors (Lipinski definition) is 0. The highest BCUT2D eigenvalue weighted by Gasteiger charge is 1.51. The molecule has 2 heteroatoms. The molecule has 0 heterocycles. The van der Waals surface area contributed by atoms with Gasteiger partial charge in [0, 0.05) is 0 Å². The predicted octanol–water partition coefficient (Wildman–Crippen LogP) is -0.100. The van der Waals surface area contributed by atoms with Crippen LogP contribution < -0.4 is 0 Å². The van der Waals surface area contributed by atoms with E-state index >= 15 is 0 Å². The lowest BCUT2D eigenvalue weighted by Crippen LogP contribution is -1.56. The van der Waals surface area contributed by atoms with E-state index in [1.54, 1.807) is 0 Å². The van der Waals surface area contributed by atoms with Gasteiger partial charge in [0.05, 0.1) is 0 Å². The van der Waals surface area contributed by atoms with E-state index in [0.717, 1.165) is 0 Å². The molecule has 0 saturated heterocycles. The van der Waals surface area contributed by atoms with Crippen LogP contribution in [0, 0.1) is 12.0 Å². The van der Waals surface area contributed by atoms with Gasteiger partial charge in [0.25, 0.3) is 0 Å². The van der Waals surface area contributed by atoms with Gasteiger partial charge in [0.15, 0.2) is 0 Å². The minimum Gasteiger partial charge on any atom is -0.159 e. The fourth-order valence-corrected chi connectivity index (χ4v) is 0. The lowest BCUT2D eigenvalue weighted by Gasteiger charge is -1.47. The Morgan fingerprint density at radius 1 is 2.00 bits per heavy atom. The van der Waals surface area contributed by atoms with Gasteiger partial charge in [-0.05, 0) is 0 Å². The van der Waals surface area contributed by atoms with Crippen LogP contribution in [0.25, 0.3) is 0 Å². The predicted molar refractivity (Wildman–Crippen MR) is 23.2 cm³/mol. The van der Waals surface area contributed by atoms with Gasteiger partial charge >= 0.3 is 0 Å². The molecule has 4 heavy (non-hydrogen) atoms. The maximum atomic E-state index is 5.09. The summed E-state index contributed by atoms with van der Waals surface area (Å²) in [6, 6.07) is 0. The van der Waals surface area contributed by atoms with Crippen molar-refractivity contribution in [1.82, 2.24) is 0 Å². The summed E-state index contributed by atoms with van der Waals surface area (Å²) in [5.74, 6) is 0. The first-order valence-electron chi connectivity index (χ1n) is 0.909. The first-order chi connectivity index (χ1) is 1.91. The summed E-state index contributed by atoms with van der Waals surface area (Å²) < 4.78 is 0. The van der Waals surface area contributed by atoms with Crippen LogP contribution in [0.15, 0.2) is 0 Å². The van der Waals surface area contributed by atoms with Crippen LogP contribution in [-0.2, 0) is 0 Å². The van der Waals surface area contributed by atoms with Crippen molar-refractivity contribution in [2.24, 2.45) is 0 Å². The highest BCUT2D eigenvalue weighted by Crippen LogP contribution is 1.54. The van der Waals surface area contributed by atoms with Crippen LogP contribution in [0.1, 0.15) is 0 Å². The van der Waals surface area contributed by atoms with Crippen LogP contribution in [0.5, 0.6) is 0 Å². The van der Waals surface area contributed by atoms with E-state index in [0.29, 0.717) is 0 Å². The van der Waals surface area contributed by atoms with Crippen molar-refractivity contribution < 1.29 is 0 Å². The minimum absolute atomic E-state index is 0.576. The Kier molecular flexibility index (Phi) is 3.12. The van der Waals surface area contributed by atoms with E-state index in [1.807, 2.05) is 0 Å². The quantitative estimate of drug-likeness (QED) is 0.221. The van der Waals surface area contributed by atoms with Gasteiger partial charge in [-0.25, -0.2) is 0 Å². The maximum absolute atomic E-state index is 5.09. The lowest BCUT2D eigenvalue weighted by atomic mass is 11.4. The summed E-state index contributed by atoms with van der Waals surface area (Å²) >= 11 is 5.09. The van der Waals surface area contributed by atoms with E-state index < -0.39 is 8.83 Å². The average molecular weight is 90.6 g/mol. The molecule has 0 nitrogen and oxygen atoms in total. The van der Waals surface area contributed by atoms with E-state index in [4.69, 9.17) is 17.5 Å². The van der Waals surface area contributed by atoms with Crippen molar-refractivity contribution >= 4 is 19.9 Å². The van der Waals surface area contributed by atoms with Gasteiger partial charge in [-0.1, -0.05) is 0 Å². The molecule has 0 aromatic heterocycles. The molecule has 0 spiro atoms. The summed E-state index contributed by atoms with van der Waals surface area (Å²) in [6.45, 7) is 0. The van der Waals surface area contributed by atoms with Crippen molar-refractivity contribution in [2.75, 3.05) is 0 Å². The molecule has 0 aliphatic carbocycles.